The Balaban J connectivity index is 1.35. The van der Waals surface area contributed by atoms with Crippen LogP contribution in [0.4, 0.5) is 5.69 Å². The van der Waals surface area contributed by atoms with Crippen LogP contribution in [0, 0.1) is 5.92 Å². The molecule has 0 bridgehead atoms. The molecule has 0 aromatic heterocycles. The number of para-hydroxylation sites is 1. The van der Waals surface area contributed by atoms with Gasteiger partial charge in [0, 0.05) is 31.8 Å². The molecule has 0 radical (unpaired) electrons. The fourth-order valence-corrected chi connectivity index (χ4v) is 4.54. The van der Waals surface area contributed by atoms with Gasteiger partial charge in [-0.2, -0.15) is 0 Å². The van der Waals surface area contributed by atoms with Crippen molar-refractivity contribution in [1.29, 1.82) is 0 Å². The number of anilines is 1. The second-order valence-electron chi connectivity index (χ2n) is 9.02. The van der Waals surface area contributed by atoms with Gasteiger partial charge in [-0.25, -0.2) is 0 Å². The summed E-state index contributed by atoms with van der Waals surface area (Å²) in [5.41, 5.74) is 2.75. The van der Waals surface area contributed by atoms with Crippen molar-refractivity contribution < 1.29 is 14.3 Å². The van der Waals surface area contributed by atoms with E-state index in [1.54, 1.807) is 18.2 Å². The van der Waals surface area contributed by atoms with Gasteiger partial charge >= 0.3 is 0 Å². The SMILES string of the molecule is C[C@@H]1CCCN(Cc2ccc(C(=O)Nc3ccccc3C(=O)NC[C@@H]3CCCO3)cc2)C1. The maximum absolute atomic E-state index is 12.8. The highest BCUT2D eigenvalue weighted by Crippen LogP contribution is 2.20. The topological polar surface area (TPSA) is 70.7 Å². The molecule has 0 aliphatic carbocycles. The lowest BCUT2D eigenvalue weighted by Gasteiger charge is -2.30. The lowest BCUT2D eigenvalue weighted by atomic mass is 9.99. The summed E-state index contributed by atoms with van der Waals surface area (Å²) in [5, 5.41) is 5.82. The van der Waals surface area contributed by atoms with Gasteiger partial charge in [0.2, 0.25) is 0 Å². The largest absolute Gasteiger partial charge is 0.376 e. The van der Waals surface area contributed by atoms with Crippen molar-refractivity contribution in [2.24, 2.45) is 5.92 Å². The van der Waals surface area contributed by atoms with Crippen molar-refractivity contribution >= 4 is 17.5 Å². The summed E-state index contributed by atoms with van der Waals surface area (Å²) in [5.74, 6) is 0.321. The number of carbonyl (C=O) groups is 2. The Labute approximate surface area is 190 Å². The van der Waals surface area contributed by atoms with E-state index in [1.807, 2.05) is 30.3 Å². The van der Waals surface area contributed by atoms with Crippen LogP contribution in [0.2, 0.25) is 0 Å². The maximum atomic E-state index is 12.8. The van der Waals surface area contributed by atoms with E-state index >= 15 is 0 Å². The summed E-state index contributed by atoms with van der Waals surface area (Å²) in [4.78, 5) is 28.0. The molecule has 2 fully saturated rings. The molecule has 2 aliphatic rings. The quantitative estimate of drug-likeness (QED) is 0.688. The molecule has 2 atom stereocenters. The first-order valence-corrected chi connectivity index (χ1v) is 11.7. The fourth-order valence-electron chi connectivity index (χ4n) is 4.54. The number of piperidine rings is 1. The smallest absolute Gasteiger partial charge is 0.255 e. The number of carbonyl (C=O) groups excluding carboxylic acids is 2. The Kier molecular flexibility index (Phi) is 7.55. The van der Waals surface area contributed by atoms with Gasteiger partial charge in [-0.15, -0.1) is 0 Å². The molecule has 2 aromatic carbocycles. The molecule has 0 saturated carbocycles. The lowest BCUT2D eigenvalue weighted by molar-refractivity contribution is 0.0858. The molecule has 6 nitrogen and oxygen atoms in total. The van der Waals surface area contributed by atoms with Gasteiger partial charge in [0.1, 0.15) is 0 Å². The minimum atomic E-state index is -0.220. The Hall–Kier alpha value is -2.70. The van der Waals surface area contributed by atoms with Gasteiger partial charge in [0.05, 0.1) is 17.4 Å². The summed E-state index contributed by atoms with van der Waals surface area (Å²) >= 11 is 0. The molecule has 170 valence electrons. The van der Waals surface area contributed by atoms with Crippen LogP contribution in [0.1, 0.15) is 58.9 Å². The number of amides is 2. The zero-order chi connectivity index (χ0) is 22.3. The van der Waals surface area contributed by atoms with Crippen LogP contribution in [0.5, 0.6) is 0 Å². The molecule has 2 N–H and O–H groups in total. The van der Waals surface area contributed by atoms with E-state index in [2.05, 4.69) is 22.5 Å². The van der Waals surface area contributed by atoms with E-state index in [4.69, 9.17) is 4.74 Å². The summed E-state index contributed by atoms with van der Waals surface area (Å²) in [7, 11) is 0. The number of rotatable bonds is 7. The average Bonchev–Trinajstić information content (AvgIpc) is 3.32. The van der Waals surface area contributed by atoms with E-state index in [1.165, 1.54) is 18.4 Å². The summed E-state index contributed by atoms with van der Waals surface area (Å²) in [6.45, 7) is 6.73. The highest BCUT2D eigenvalue weighted by atomic mass is 16.5. The number of ether oxygens (including phenoxy) is 1. The minimum absolute atomic E-state index is 0.0763. The third-order valence-corrected chi connectivity index (χ3v) is 6.30. The molecule has 6 heteroatoms. The Bertz CT molecular complexity index is 922. The van der Waals surface area contributed by atoms with Crippen molar-refractivity contribution in [2.75, 3.05) is 31.6 Å². The van der Waals surface area contributed by atoms with Crippen molar-refractivity contribution in [2.45, 2.75) is 45.3 Å². The number of hydrogen-bond acceptors (Lipinski definition) is 4. The van der Waals surface area contributed by atoms with Crippen LogP contribution in [-0.2, 0) is 11.3 Å². The molecule has 0 unspecified atom stereocenters. The van der Waals surface area contributed by atoms with E-state index in [0.717, 1.165) is 45.0 Å². The number of nitrogens with zero attached hydrogens (tertiary/aromatic N) is 1. The molecule has 2 aromatic rings. The molecular formula is C26H33N3O3. The Morgan fingerprint density at radius 3 is 2.59 bits per heavy atom. The van der Waals surface area contributed by atoms with E-state index in [9.17, 15) is 9.59 Å². The van der Waals surface area contributed by atoms with Crippen LogP contribution < -0.4 is 10.6 Å². The first kappa shape index (κ1) is 22.5. The predicted molar refractivity (Wildman–Crippen MR) is 126 cm³/mol. The van der Waals surface area contributed by atoms with Gasteiger partial charge in [0.25, 0.3) is 11.8 Å². The summed E-state index contributed by atoms with van der Waals surface area (Å²) in [6, 6.07) is 14.9. The van der Waals surface area contributed by atoms with Crippen LogP contribution in [0.3, 0.4) is 0 Å². The van der Waals surface area contributed by atoms with Gasteiger partial charge in [0.15, 0.2) is 0 Å². The van der Waals surface area contributed by atoms with Gasteiger partial charge in [-0.1, -0.05) is 31.2 Å². The van der Waals surface area contributed by atoms with Gasteiger partial charge < -0.3 is 15.4 Å². The summed E-state index contributed by atoms with van der Waals surface area (Å²) < 4.78 is 5.57. The van der Waals surface area contributed by atoms with Gasteiger partial charge in [-0.05, 0) is 68.0 Å². The molecule has 4 rings (SSSR count). The predicted octanol–water partition coefficient (Wildman–Crippen LogP) is 4.08. The highest BCUT2D eigenvalue weighted by Gasteiger charge is 2.19. The zero-order valence-corrected chi connectivity index (χ0v) is 18.8. The maximum Gasteiger partial charge on any atom is 0.255 e. The fraction of sp³-hybridized carbons (Fsp3) is 0.462. The van der Waals surface area contributed by atoms with Crippen LogP contribution in [0.25, 0.3) is 0 Å². The second-order valence-corrected chi connectivity index (χ2v) is 9.02. The first-order chi connectivity index (χ1) is 15.6. The van der Waals surface area contributed by atoms with E-state index in [-0.39, 0.29) is 17.9 Å². The Morgan fingerprint density at radius 2 is 1.84 bits per heavy atom. The number of benzene rings is 2. The minimum Gasteiger partial charge on any atom is -0.376 e. The monoisotopic (exact) mass is 435 g/mol. The Morgan fingerprint density at radius 1 is 1.03 bits per heavy atom. The first-order valence-electron chi connectivity index (χ1n) is 11.7. The lowest BCUT2D eigenvalue weighted by Crippen LogP contribution is -2.33. The van der Waals surface area contributed by atoms with Crippen molar-refractivity contribution in [3.8, 4) is 0 Å². The third-order valence-electron chi connectivity index (χ3n) is 6.30. The third kappa shape index (κ3) is 5.96. The van der Waals surface area contributed by atoms with E-state index in [0.29, 0.717) is 23.4 Å². The molecule has 2 saturated heterocycles. The molecule has 2 heterocycles. The van der Waals surface area contributed by atoms with Crippen LogP contribution in [0.15, 0.2) is 48.5 Å². The van der Waals surface area contributed by atoms with Crippen LogP contribution >= 0.6 is 0 Å². The van der Waals surface area contributed by atoms with Crippen LogP contribution in [-0.4, -0.2) is 49.1 Å². The van der Waals surface area contributed by atoms with Gasteiger partial charge in [-0.3, -0.25) is 14.5 Å². The average molecular weight is 436 g/mol. The van der Waals surface area contributed by atoms with Crippen molar-refractivity contribution in [3.63, 3.8) is 0 Å². The molecule has 0 spiro atoms. The zero-order valence-electron chi connectivity index (χ0n) is 18.8. The van der Waals surface area contributed by atoms with Crippen molar-refractivity contribution in [3.05, 3.63) is 65.2 Å². The van der Waals surface area contributed by atoms with E-state index < -0.39 is 0 Å². The number of hydrogen-bond donors (Lipinski definition) is 2. The molecular weight excluding hydrogens is 402 g/mol. The second kappa shape index (κ2) is 10.7. The number of nitrogens with one attached hydrogen (secondary N) is 2. The summed E-state index contributed by atoms with van der Waals surface area (Å²) in [6.07, 6.45) is 4.63. The number of likely N-dealkylation sites (tertiary alicyclic amines) is 1. The highest BCUT2D eigenvalue weighted by molar-refractivity contribution is 6.09. The molecule has 2 amide bonds. The van der Waals surface area contributed by atoms with Crippen molar-refractivity contribution in [1.82, 2.24) is 10.2 Å². The molecule has 2 aliphatic heterocycles. The standard InChI is InChI=1S/C26H33N3O3/c1-19-6-4-14-29(17-19)18-20-10-12-21(13-11-20)25(30)28-24-9-3-2-8-23(24)26(31)27-16-22-7-5-15-32-22/h2-3,8-13,19,22H,4-7,14-18H2,1H3,(H,27,31)(H,28,30)/t19-,22+/m1/s1. The normalized spacial score (nSPS) is 21.3. The molecule has 32 heavy (non-hydrogen) atoms.